The van der Waals surface area contributed by atoms with Crippen LogP contribution in [0.15, 0.2) is 47.6 Å². The summed E-state index contributed by atoms with van der Waals surface area (Å²) >= 11 is 0. The van der Waals surface area contributed by atoms with Gasteiger partial charge in [0.25, 0.3) is 11.8 Å². The molecule has 0 bridgehead atoms. The Labute approximate surface area is 150 Å². The van der Waals surface area contributed by atoms with E-state index in [4.69, 9.17) is 19.9 Å². The molecular weight excluding hydrogens is 338 g/mol. The van der Waals surface area contributed by atoms with E-state index in [0.717, 1.165) is 5.56 Å². The zero-order valence-corrected chi connectivity index (χ0v) is 14.4. The van der Waals surface area contributed by atoms with Gasteiger partial charge in [-0.05, 0) is 42.0 Å². The Bertz CT molecular complexity index is 781. The number of benzene rings is 2. The molecule has 0 aliphatic heterocycles. The Morgan fingerprint density at radius 3 is 2.19 bits per heavy atom. The lowest BCUT2D eigenvalue weighted by Crippen LogP contribution is -2.20. The van der Waals surface area contributed by atoms with Crippen LogP contribution in [-0.4, -0.2) is 38.9 Å². The van der Waals surface area contributed by atoms with Gasteiger partial charge in [0, 0.05) is 11.6 Å². The third-order valence-corrected chi connectivity index (χ3v) is 3.25. The van der Waals surface area contributed by atoms with Crippen molar-refractivity contribution in [2.75, 3.05) is 20.8 Å². The number of methoxy groups -OCH3 is 2. The molecule has 0 aliphatic carbocycles. The first kappa shape index (κ1) is 18.8. The molecule has 8 nitrogen and oxygen atoms in total. The molecule has 0 fully saturated rings. The maximum absolute atomic E-state index is 12.2. The third-order valence-electron chi connectivity index (χ3n) is 3.25. The Morgan fingerprint density at radius 1 is 1.04 bits per heavy atom. The maximum Gasteiger partial charge on any atom is 0.271 e. The fourth-order valence-electron chi connectivity index (χ4n) is 1.97. The molecule has 8 heteroatoms. The minimum Gasteiger partial charge on any atom is -0.497 e. The van der Waals surface area contributed by atoms with Crippen molar-refractivity contribution in [3.63, 3.8) is 0 Å². The molecular formula is C18H19N3O5. The van der Waals surface area contributed by atoms with Gasteiger partial charge in [-0.3, -0.25) is 9.59 Å². The van der Waals surface area contributed by atoms with E-state index in [1.54, 1.807) is 42.5 Å². The van der Waals surface area contributed by atoms with Crippen molar-refractivity contribution in [3.05, 3.63) is 53.6 Å². The van der Waals surface area contributed by atoms with Gasteiger partial charge in [-0.15, -0.1) is 0 Å². The lowest BCUT2D eigenvalue weighted by molar-refractivity contribution is -0.119. The summed E-state index contributed by atoms with van der Waals surface area (Å²) in [6.07, 6.45) is 1.48. The second kappa shape index (κ2) is 9.07. The molecule has 0 heterocycles. The summed E-state index contributed by atoms with van der Waals surface area (Å²) in [7, 11) is 3.01. The van der Waals surface area contributed by atoms with E-state index in [1.807, 2.05) is 0 Å². The van der Waals surface area contributed by atoms with Crippen LogP contribution in [-0.2, 0) is 4.79 Å². The summed E-state index contributed by atoms with van der Waals surface area (Å²) in [5, 5.41) is 3.91. The Morgan fingerprint density at radius 2 is 1.65 bits per heavy atom. The predicted molar refractivity (Wildman–Crippen MR) is 95.7 cm³/mol. The first-order chi connectivity index (χ1) is 12.5. The van der Waals surface area contributed by atoms with Crippen LogP contribution < -0.4 is 25.4 Å². The van der Waals surface area contributed by atoms with E-state index in [-0.39, 0.29) is 6.61 Å². The predicted octanol–water partition coefficient (Wildman–Crippen LogP) is 1.33. The Hall–Kier alpha value is -3.55. The second-order valence-electron chi connectivity index (χ2n) is 5.12. The molecule has 26 heavy (non-hydrogen) atoms. The molecule has 0 spiro atoms. The summed E-state index contributed by atoms with van der Waals surface area (Å²) in [5.41, 5.74) is 8.53. The number of hydrazone groups is 1. The van der Waals surface area contributed by atoms with Crippen molar-refractivity contribution in [3.8, 4) is 17.2 Å². The highest BCUT2D eigenvalue weighted by Crippen LogP contribution is 2.22. The van der Waals surface area contributed by atoms with Crippen molar-refractivity contribution in [1.29, 1.82) is 0 Å². The summed E-state index contributed by atoms with van der Waals surface area (Å²) in [5.74, 6) is 0.566. The summed E-state index contributed by atoms with van der Waals surface area (Å²) < 4.78 is 15.4. The van der Waals surface area contributed by atoms with E-state index in [1.165, 1.54) is 20.4 Å². The van der Waals surface area contributed by atoms with Crippen LogP contribution in [0, 0.1) is 0 Å². The van der Waals surface area contributed by atoms with E-state index in [9.17, 15) is 9.59 Å². The SMILES string of the molecule is COc1cc(OC)cc(C(=O)N/N=C/c2ccc(OCC(N)=O)cc2)c1. The van der Waals surface area contributed by atoms with Crippen LogP contribution >= 0.6 is 0 Å². The average Bonchev–Trinajstić information content (AvgIpc) is 2.66. The first-order valence-electron chi connectivity index (χ1n) is 7.59. The number of ether oxygens (including phenoxy) is 3. The van der Waals surface area contributed by atoms with Crippen molar-refractivity contribution in [1.82, 2.24) is 5.43 Å². The monoisotopic (exact) mass is 357 g/mol. The largest absolute Gasteiger partial charge is 0.497 e. The molecule has 2 rings (SSSR count). The van der Waals surface area contributed by atoms with Gasteiger partial charge in [-0.2, -0.15) is 5.10 Å². The van der Waals surface area contributed by atoms with Gasteiger partial charge in [0.15, 0.2) is 6.61 Å². The number of amides is 2. The number of nitrogens with two attached hydrogens (primary N) is 1. The molecule has 0 aliphatic rings. The molecule has 2 aromatic carbocycles. The number of rotatable bonds is 8. The number of hydrogen-bond acceptors (Lipinski definition) is 6. The zero-order chi connectivity index (χ0) is 18.9. The molecule has 3 N–H and O–H groups in total. The van der Waals surface area contributed by atoms with Gasteiger partial charge in [0.05, 0.1) is 20.4 Å². The van der Waals surface area contributed by atoms with Crippen LogP contribution in [0.2, 0.25) is 0 Å². The van der Waals surface area contributed by atoms with E-state index in [2.05, 4.69) is 10.5 Å². The summed E-state index contributed by atoms with van der Waals surface area (Å²) in [6.45, 7) is -0.187. The molecule has 0 saturated heterocycles. The number of nitrogens with zero attached hydrogens (tertiary/aromatic N) is 1. The van der Waals surface area contributed by atoms with Gasteiger partial charge in [0.2, 0.25) is 0 Å². The molecule has 0 radical (unpaired) electrons. The van der Waals surface area contributed by atoms with Crippen LogP contribution in [0.3, 0.4) is 0 Å². The van der Waals surface area contributed by atoms with Gasteiger partial charge in [-0.1, -0.05) is 0 Å². The van der Waals surface area contributed by atoms with Gasteiger partial charge in [-0.25, -0.2) is 5.43 Å². The first-order valence-corrected chi connectivity index (χ1v) is 7.59. The topological polar surface area (TPSA) is 112 Å². The molecule has 136 valence electrons. The Kier molecular flexibility index (Phi) is 6.55. The van der Waals surface area contributed by atoms with Gasteiger partial charge in [0.1, 0.15) is 17.2 Å². The van der Waals surface area contributed by atoms with Crippen molar-refractivity contribution >= 4 is 18.0 Å². The highest BCUT2D eigenvalue weighted by Gasteiger charge is 2.09. The quantitative estimate of drug-likeness (QED) is 0.547. The van der Waals surface area contributed by atoms with Crippen molar-refractivity contribution < 1.29 is 23.8 Å². The van der Waals surface area contributed by atoms with Crippen LogP contribution in [0.1, 0.15) is 15.9 Å². The molecule has 0 atom stereocenters. The minimum absolute atomic E-state index is 0.187. The lowest BCUT2D eigenvalue weighted by Gasteiger charge is -2.07. The maximum atomic E-state index is 12.2. The molecule has 2 aromatic rings. The standard InChI is InChI=1S/C18H19N3O5/c1-24-15-7-13(8-16(9-15)25-2)18(23)21-20-10-12-3-5-14(6-4-12)26-11-17(19)22/h3-10H,11H2,1-2H3,(H2,19,22)(H,21,23)/b20-10+. The van der Waals surface area contributed by atoms with E-state index >= 15 is 0 Å². The zero-order valence-electron chi connectivity index (χ0n) is 14.4. The number of hydrogen-bond donors (Lipinski definition) is 2. The highest BCUT2D eigenvalue weighted by molar-refractivity contribution is 5.95. The van der Waals surface area contributed by atoms with Crippen molar-refractivity contribution in [2.24, 2.45) is 10.8 Å². The van der Waals surface area contributed by atoms with Crippen LogP contribution in [0.25, 0.3) is 0 Å². The normalized spacial score (nSPS) is 10.4. The van der Waals surface area contributed by atoms with Gasteiger partial charge >= 0.3 is 0 Å². The van der Waals surface area contributed by atoms with Crippen LogP contribution in [0.5, 0.6) is 17.2 Å². The summed E-state index contributed by atoms with van der Waals surface area (Å²) in [4.78, 5) is 22.8. The average molecular weight is 357 g/mol. The third kappa shape index (κ3) is 5.52. The second-order valence-corrected chi connectivity index (χ2v) is 5.12. The number of primary amides is 1. The Balaban J connectivity index is 1.97. The van der Waals surface area contributed by atoms with Crippen molar-refractivity contribution in [2.45, 2.75) is 0 Å². The van der Waals surface area contributed by atoms with Crippen LogP contribution in [0.4, 0.5) is 0 Å². The van der Waals surface area contributed by atoms with Gasteiger partial charge < -0.3 is 19.9 Å². The number of carbonyl (C=O) groups is 2. The smallest absolute Gasteiger partial charge is 0.271 e. The number of carbonyl (C=O) groups excluding carboxylic acids is 2. The summed E-state index contributed by atoms with van der Waals surface area (Å²) in [6, 6.07) is 11.6. The number of nitrogens with one attached hydrogen (secondary N) is 1. The highest BCUT2D eigenvalue weighted by atomic mass is 16.5. The fraction of sp³-hybridized carbons (Fsp3) is 0.167. The fourth-order valence-corrected chi connectivity index (χ4v) is 1.97. The molecule has 0 saturated carbocycles. The molecule has 2 amide bonds. The minimum atomic E-state index is -0.549. The van der Waals surface area contributed by atoms with E-state index in [0.29, 0.717) is 22.8 Å². The molecule has 0 aromatic heterocycles. The van der Waals surface area contributed by atoms with E-state index < -0.39 is 11.8 Å². The lowest BCUT2D eigenvalue weighted by atomic mass is 10.2. The molecule has 0 unspecified atom stereocenters.